The molecule has 0 aromatic heterocycles. The molecule has 0 amide bonds. The number of hydrogen-bond donors (Lipinski definition) is 0. The SMILES string of the molecule is C/C(=C\N=NCCCCCC(C)C)CCCCC(C)C. The van der Waals surface area contributed by atoms with Crippen molar-refractivity contribution >= 4 is 0 Å². The third-order valence-corrected chi connectivity index (χ3v) is 3.50. The topological polar surface area (TPSA) is 24.7 Å². The highest BCUT2D eigenvalue weighted by Crippen LogP contribution is 2.12. The van der Waals surface area contributed by atoms with E-state index in [0.29, 0.717) is 0 Å². The molecule has 0 aromatic carbocycles. The van der Waals surface area contributed by atoms with E-state index in [9.17, 15) is 0 Å². The Balaban J connectivity index is 3.48. The lowest BCUT2D eigenvalue weighted by atomic mass is 10.0. The van der Waals surface area contributed by atoms with E-state index in [-0.39, 0.29) is 0 Å². The van der Waals surface area contributed by atoms with Crippen LogP contribution in [-0.2, 0) is 0 Å². The molecule has 0 heterocycles. The van der Waals surface area contributed by atoms with Crippen molar-refractivity contribution < 1.29 is 0 Å². The second-order valence-corrected chi connectivity index (χ2v) is 6.84. The summed E-state index contributed by atoms with van der Waals surface area (Å²) in [5.74, 6) is 1.66. The molecule has 0 rings (SSSR count). The Bertz CT molecular complexity index is 265. The fraction of sp³-hybridized carbons (Fsp3) is 0.889. The predicted octanol–water partition coefficient (Wildman–Crippen LogP) is 6.78. The van der Waals surface area contributed by atoms with E-state index in [1.165, 1.54) is 56.9 Å². The molecule has 0 bridgehead atoms. The highest BCUT2D eigenvalue weighted by molar-refractivity contribution is 4.95. The summed E-state index contributed by atoms with van der Waals surface area (Å²) in [5, 5.41) is 8.41. The summed E-state index contributed by atoms with van der Waals surface area (Å²) >= 11 is 0. The van der Waals surface area contributed by atoms with Crippen LogP contribution >= 0.6 is 0 Å². The maximum absolute atomic E-state index is 4.23. The molecule has 0 aliphatic rings. The van der Waals surface area contributed by atoms with Crippen LogP contribution in [0.1, 0.15) is 86.0 Å². The monoisotopic (exact) mass is 280 g/mol. The lowest BCUT2D eigenvalue weighted by Crippen LogP contribution is -1.88. The number of rotatable bonds is 12. The number of nitrogens with zero attached hydrogens (tertiary/aromatic N) is 2. The first-order chi connectivity index (χ1) is 9.52. The van der Waals surface area contributed by atoms with Gasteiger partial charge in [0.05, 0.1) is 6.54 Å². The van der Waals surface area contributed by atoms with Gasteiger partial charge in [0.25, 0.3) is 0 Å². The smallest absolute Gasteiger partial charge is 0.0603 e. The molecule has 0 fully saturated rings. The van der Waals surface area contributed by atoms with Gasteiger partial charge < -0.3 is 0 Å². The van der Waals surface area contributed by atoms with Gasteiger partial charge in [-0.25, -0.2) is 0 Å². The molecule has 0 aromatic rings. The lowest BCUT2D eigenvalue weighted by molar-refractivity contribution is 0.528. The van der Waals surface area contributed by atoms with Gasteiger partial charge in [0.15, 0.2) is 0 Å². The fourth-order valence-corrected chi connectivity index (χ4v) is 2.13. The van der Waals surface area contributed by atoms with Gasteiger partial charge in [-0.3, -0.25) is 0 Å². The minimum absolute atomic E-state index is 0.828. The van der Waals surface area contributed by atoms with Crippen LogP contribution < -0.4 is 0 Å². The summed E-state index contributed by atoms with van der Waals surface area (Å²) in [5.41, 5.74) is 1.36. The second kappa shape index (κ2) is 13.3. The molecule has 0 spiro atoms. The first kappa shape index (κ1) is 19.3. The Kier molecular flexibility index (Phi) is 12.9. The highest BCUT2D eigenvalue weighted by atomic mass is 15.1. The summed E-state index contributed by atoms with van der Waals surface area (Å²) in [4.78, 5) is 0. The van der Waals surface area contributed by atoms with Crippen LogP contribution in [0, 0.1) is 11.8 Å². The minimum Gasteiger partial charge on any atom is -0.189 e. The van der Waals surface area contributed by atoms with Crippen LogP contribution in [0.15, 0.2) is 22.0 Å². The summed E-state index contributed by atoms with van der Waals surface area (Å²) in [6, 6.07) is 0. The van der Waals surface area contributed by atoms with Crippen molar-refractivity contribution in [3.05, 3.63) is 11.8 Å². The number of allylic oxidation sites excluding steroid dienone is 1. The first-order valence-corrected chi connectivity index (χ1v) is 8.54. The normalized spacial score (nSPS) is 13.1. The van der Waals surface area contributed by atoms with Gasteiger partial charge in [0.1, 0.15) is 0 Å². The van der Waals surface area contributed by atoms with Gasteiger partial charge in [-0.05, 0) is 38.0 Å². The van der Waals surface area contributed by atoms with Crippen LogP contribution in [0.25, 0.3) is 0 Å². The molecular weight excluding hydrogens is 244 g/mol. The number of azo groups is 1. The fourth-order valence-electron chi connectivity index (χ4n) is 2.13. The molecule has 0 aliphatic heterocycles. The molecule has 118 valence electrons. The molecule has 0 saturated heterocycles. The molecule has 0 aliphatic carbocycles. The molecule has 0 radical (unpaired) electrons. The number of unbranched alkanes of at least 4 members (excludes halogenated alkanes) is 3. The molecule has 2 nitrogen and oxygen atoms in total. The Morgan fingerprint density at radius 2 is 1.45 bits per heavy atom. The van der Waals surface area contributed by atoms with E-state index in [1.807, 2.05) is 6.20 Å². The zero-order valence-corrected chi connectivity index (χ0v) is 14.5. The molecule has 0 N–H and O–H groups in total. The Morgan fingerprint density at radius 1 is 0.850 bits per heavy atom. The third-order valence-electron chi connectivity index (χ3n) is 3.50. The summed E-state index contributed by atoms with van der Waals surface area (Å²) in [6.07, 6.45) is 12.2. The molecule has 0 unspecified atom stereocenters. The summed E-state index contributed by atoms with van der Waals surface area (Å²) in [6.45, 7) is 12.2. The van der Waals surface area contributed by atoms with E-state index in [0.717, 1.165) is 18.4 Å². The van der Waals surface area contributed by atoms with Crippen molar-refractivity contribution in [1.29, 1.82) is 0 Å². The zero-order valence-electron chi connectivity index (χ0n) is 14.5. The maximum atomic E-state index is 4.23. The van der Waals surface area contributed by atoms with E-state index >= 15 is 0 Å². The number of hydrogen-bond acceptors (Lipinski definition) is 2. The van der Waals surface area contributed by atoms with Crippen LogP contribution in [0.2, 0.25) is 0 Å². The molecule has 2 heteroatoms. The van der Waals surface area contributed by atoms with Crippen molar-refractivity contribution in [1.82, 2.24) is 0 Å². The second-order valence-electron chi connectivity index (χ2n) is 6.84. The standard InChI is InChI=1S/C18H36N2/c1-16(2)11-7-6-10-14-19-20-15-18(5)13-9-8-12-17(3)4/h15-17H,6-14H2,1-5H3/b18-15+,20-19?. The Hall–Kier alpha value is -0.660. The zero-order chi connectivity index (χ0) is 15.2. The van der Waals surface area contributed by atoms with Crippen molar-refractivity contribution in [2.45, 2.75) is 86.0 Å². The average Bonchev–Trinajstić information content (AvgIpc) is 2.37. The van der Waals surface area contributed by atoms with Crippen LogP contribution in [0.4, 0.5) is 0 Å². The first-order valence-electron chi connectivity index (χ1n) is 8.54. The van der Waals surface area contributed by atoms with E-state index in [4.69, 9.17) is 0 Å². The molecule has 0 saturated carbocycles. The lowest BCUT2D eigenvalue weighted by Gasteiger charge is -2.03. The maximum Gasteiger partial charge on any atom is 0.0603 e. The van der Waals surface area contributed by atoms with Gasteiger partial charge in [0.2, 0.25) is 0 Å². The van der Waals surface area contributed by atoms with E-state index in [1.54, 1.807) is 0 Å². The van der Waals surface area contributed by atoms with Crippen molar-refractivity contribution in [3.8, 4) is 0 Å². The molecular formula is C18H36N2. The van der Waals surface area contributed by atoms with Crippen molar-refractivity contribution in [2.75, 3.05) is 6.54 Å². The summed E-state index contributed by atoms with van der Waals surface area (Å²) < 4.78 is 0. The van der Waals surface area contributed by atoms with Gasteiger partial charge in [-0.1, -0.05) is 65.4 Å². The average molecular weight is 280 g/mol. The third kappa shape index (κ3) is 15.4. The Labute approximate surface area is 127 Å². The predicted molar refractivity (Wildman–Crippen MR) is 90.1 cm³/mol. The van der Waals surface area contributed by atoms with Gasteiger partial charge in [-0.15, -0.1) is 0 Å². The van der Waals surface area contributed by atoms with Crippen LogP contribution in [-0.4, -0.2) is 6.54 Å². The van der Waals surface area contributed by atoms with Crippen molar-refractivity contribution in [2.24, 2.45) is 22.1 Å². The summed E-state index contributed by atoms with van der Waals surface area (Å²) in [7, 11) is 0. The van der Waals surface area contributed by atoms with E-state index in [2.05, 4.69) is 44.8 Å². The van der Waals surface area contributed by atoms with Gasteiger partial charge in [0, 0.05) is 6.20 Å². The highest BCUT2D eigenvalue weighted by Gasteiger charge is 1.95. The minimum atomic E-state index is 0.828. The molecule has 20 heavy (non-hydrogen) atoms. The molecule has 0 atom stereocenters. The van der Waals surface area contributed by atoms with Gasteiger partial charge in [-0.2, -0.15) is 10.2 Å². The van der Waals surface area contributed by atoms with Crippen LogP contribution in [0.5, 0.6) is 0 Å². The largest absolute Gasteiger partial charge is 0.189 e. The van der Waals surface area contributed by atoms with E-state index < -0.39 is 0 Å². The van der Waals surface area contributed by atoms with Gasteiger partial charge >= 0.3 is 0 Å². The van der Waals surface area contributed by atoms with Crippen LogP contribution in [0.3, 0.4) is 0 Å². The van der Waals surface area contributed by atoms with Crippen molar-refractivity contribution in [3.63, 3.8) is 0 Å². The quantitative estimate of drug-likeness (QED) is 0.278. The Morgan fingerprint density at radius 3 is 2.05 bits per heavy atom.